The number of hydrogen-bond donors (Lipinski definition) is 2. The molecule has 1 amide bonds. The van der Waals surface area contributed by atoms with Gasteiger partial charge in [-0.15, -0.1) is 0 Å². The van der Waals surface area contributed by atoms with Crippen molar-refractivity contribution in [3.05, 3.63) is 0 Å². The third-order valence-electron chi connectivity index (χ3n) is 4.34. The van der Waals surface area contributed by atoms with Gasteiger partial charge in [-0.1, -0.05) is 27.7 Å². The number of rotatable bonds is 5. The molecule has 0 aromatic rings. The smallest absolute Gasteiger partial charge is 0.308 e. The maximum atomic E-state index is 12.1. The minimum atomic E-state index is -0.833. The van der Waals surface area contributed by atoms with Crippen LogP contribution in [0.2, 0.25) is 0 Å². The van der Waals surface area contributed by atoms with Crippen molar-refractivity contribution in [1.29, 1.82) is 0 Å². The van der Waals surface area contributed by atoms with E-state index in [4.69, 9.17) is 4.74 Å². The first-order valence-corrected chi connectivity index (χ1v) is 7.31. The van der Waals surface area contributed by atoms with Gasteiger partial charge < -0.3 is 15.2 Å². The lowest BCUT2D eigenvalue weighted by atomic mass is 9.81. The Morgan fingerprint density at radius 2 is 1.85 bits per heavy atom. The van der Waals surface area contributed by atoms with Crippen LogP contribution in [0.3, 0.4) is 0 Å². The molecule has 0 aromatic heterocycles. The van der Waals surface area contributed by atoms with Crippen LogP contribution < -0.4 is 5.32 Å². The highest BCUT2D eigenvalue weighted by Crippen LogP contribution is 2.26. The Bertz CT molecular complexity index is 342. The highest BCUT2D eigenvalue weighted by Gasteiger charge is 2.32. The summed E-state index contributed by atoms with van der Waals surface area (Å²) in [5.41, 5.74) is -0.124. The van der Waals surface area contributed by atoms with Gasteiger partial charge in [-0.05, 0) is 24.2 Å². The van der Waals surface area contributed by atoms with Gasteiger partial charge in [0.05, 0.1) is 5.92 Å². The molecule has 1 saturated heterocycles. The maximum absolute atomic E-state index is 12.1. The van der Waals surface area contributed by atoms with Crippen LogP contribution in [0, 0.1) is 23.2 Å². The van der Waals surface area contributed by atoms with E-state index in [0.29, 0.717) is 13.2 Å². The molecule has 1 heterocycles. The largest absolute Gasteiger partial charge is 0.481 e. The summed E-state index contributed by atoms with van der Waals surface area (Å²) in [6.07, 6.45) is 1.50. The summed E-state index contributed by atoms with van der Waals surface area (Å²) in [7, 11) is 0. The highest BCUT2D eigenvalue weighted by atomic mass is 16.5. The summed E-state index contributed by atoms with van der Waals surface area (Å²) < 4.78 is 5.26. The Balaban J connectivity index is 2.55. The molecule has 2 N–H and O–H groups in total. The van der Waals surface area contributed by atoms with E-state index >= 15 is 0 Å². The number of amides is 1. The first kappa shape index (κ1) is 17.0. The van der Waals surface area contributed by atoms with E-state index < -0.39 is 11.9 Å². The van der Waals surface area contributed by atoms with Crippen LogP contribution >= 0.6 is 0 Å². The molecule has 5 heteroatoms. The first-order valence-electron chi connectivity index (χ1n) is 7.31. The van der Waals surface area contributed by atoms with Crippen LogP contribution in [-0.2, 0) is 14.3 Å². The van der Waals surface area contributed by atoms with E-state index in [1.807, 2.05) is 27.7 Å². The van der Waals surface area contributed by atoms with E-state index in [0.717, 1.165) is 12.8 Å². The minimum Gasteiger partial charge on any atom is -0.481 e. The van der Waals surface area contributed by atoms with Gasteiger partial charge >= 0.3 is 5.97 Å². The third-order valence-corrected chi connectivity index (χ3v) is 4.34. The average molecular weight is 285 g/mol. The number of carboxylic acid groups (broad SMARTS) is 1. The number of hydrogen-bond acceptors (Lipinski definition) is 3. The molecular weight excluding hydrogens is 258 g/mol. The monoisotopic (exact) mass is 285 g/mol. The SMILES string of the molecule is CC(C(=O)NCC(C(=O)O)C1CCOCC1)C(C)(C)C. The predicted molar refractivity (Wildman–Crippen MR) is 76.3 cm³/mol. The Labute approximate surface area is 121 Å². The molecule has 116 valence electrons. The second-order valence-electron chi connectivity index (χ2n) is 6.73. The van der Waals surface area contributed by atoms with E-state index in [2.05, 4.69) is 5.32 Å². The van der Waals surface area contributed by atoms with Crippen LogP contribution in [0.4, 0.5) is 0 Å². The van der Waals surface area contributed by atoms with Crippen molar-refractivity contribution in [3.63, 3.8) is 0 Å². The molecule has 0 aliphatic carbocycles. The standard InChI is InChI=1S/C15H27NO4/c1-10(15(2,3)4)13(17)16-9-12(14(18)19)11-5-7-20-8-6-11/h10-12H,5-9H2,1-4H3,(H,16,17)(H,18,19). The van der Waals surface area contributed by atoms with Crippen molar-refractivity contribution >= 4 is 11.9 Å². The fourth-order valence-corrected chi connectivity index (χ4v) is 2.33. The van der Waals surface area contributed by atoms with Gasteiger partial charge in [0.25, 0.3) is 0 Å². The number of ether oxygens (including phenoxy) is 1. The molecule has 2 unspecified atom stereocenters. The Morgan fingerprint density at radius 3 is 2.30 bits per heavy atom. The molecule has 1 fully saturated rings. The lowest BCUT2D eigenvalue weighted by Gasteiger charge is -2.30. The van der Waals surface area contributed by atoms with Crippen molar-refractivity contribution in [2.75, 3.05) is 19.8 Å². The van der Waals surface area contributed by atoms with Crippen molar-refractivity contribution in [1.82, 2.24) is 5.32 Å². The van der Waals surface area contributed by atoms with Gasteiger partial charge in [0.1, 0.15) is 0 Å². The number of carbonyl (C=O) groups is 2. The molecule has 0 saturated carbocycles. The average Bonchev–Trinajstić information content (AvgIpc) is 2.37. The van der Waals surface area contributed by atoms with Gasteiger partial charge in [-0.3, -0.25) is 9.59 Å². The van der Waals surface area contributed by atoms with Crippen LogP contribution in [0.15, 0.2) is 0 Å². The molecule has 2 atom stereocenters. The highest BCUT2D eigenvalue weighted by molar-refractivity contribution is 5.80. The zero-order chi connectivity index (χ0) is 15.3. The van der Waals surface area contributed by atoms with E-state index in [-0.39, 0.29) is 29.7 Å². The molecule has 0 spiro atoms. The summed E-state index contributed by atoms with van der Waals surface area (Å²) >= 11 is 0. The van der Waals surface area contributed by atoms with Crippen LogP contribution in [0.5, 0.6) is 0 Å². The Morgan fingerprint density at radius 1 is 1.30 bits per heavy atom. The zero-order valence-electron chi connectivity index (χ0n) is 12.9. The molecule has 1 aliphatic rings. The van der Waals surface area contributed by atoms with Gasteiger partial charge in [0.2, 0.25) is 5.91 Å². The fourth-order valence-electron chi connectivity index (χ4n) is 2.33. The lowest BCUT2D eigenvalue weighted by Crippen LogP contribution is -2.42. The van der Waals surface area contributed by atoms with Crippen molar-refractivity contribution < 1.29 is 19.4 Å². The van der Waals surface area contributed by atoms with Gasteiger partial charge in [-0.2, -0.15) is 0 Å². The second-order valence-corrected chi connectivity index (χ2v) is 6.73. The number of carbonyl (C=O) groups excluding carboxylic acids is 1. The molecule has 20 heavy (non-hydrogen) atoms. The summed E-state index contributed by atoms with van der Waals surface area (Å²) in [4.78, 5) is 23.5. The molecule has 1 rings (SSSR count). The fraction of sp³-hybridized carbons (Fsp3) is 0.867. The summed E-state index contributed by atoms with van der Waals surface area (Å²) in [6.45, 7) is 9.32. The van der Waals surface area contributed by atoms with Crippen LogP contribution in [0.25, 0.3) is 0 Å². The summed E-state index contributed by atoms with van der Waals surface area (Å²) in [5, 5.41) is 12.2. The second kappa shape index (κ2) is 7.07. The minimum absolute atomic E-state index is 0.0733. The Kier molecular flexibility index (Phi) is 5.99. The van der Waals surface area contributed by atoms with Gasteiger partial charge in [-0.25, -0.2) is 0 Å². The molecule has 0 bridgehead atoms. The van der Waals surface area contributed by atoms with E-state index in [1.54, 1.807) is 0 Å². The lowest BCUT2D eigenvalue weighted by molar-refractivity contribution is -0.145. The van der Waals surface area contributed by atoms with Gasteiger partial charge in [0, 0.05) is 25.7 Å². The van der Waals surface area contributed by atoms with Crippen molar-refractivity contribution in [2.24, 2.45) is 23.2 Å². The predicted octanol–water partition coefficient (Wildman–Crippen LogP) is 1.91. The first-order chi connectivity index (χ1) is 9.23. The summed E-state index contributed by atoms with van der Waals surface area (Å²) in [5.74, 6) is -1.48. The molecule has 5 nitrogen and oxygen atoms in total. The van der Waals surface area contributed by atoms with Crippen molar-refractivity contribution in [3.8, 4) is 0 Å². The third kappa shape index (κ3) is 4.78. The molecule has 1 aliphatic heterocycles. The van der Waals surface area contributed by atoms with E-state index in [9.17, 15) is 14.7 Å². The van der Waals surface area contributed by atoms with Crippen LogP contribution in [0.1, 0.15) is 40.5 Å². The Hall–Kier alpha value is -1.10. The maximum Gasteiger partial charge on any atom is 0.308 e. The number of aliphatic carboxylic acids is 1. The normalized spacial score (nSPS) is 20.2. The van der Waals surface area contributed by atoms with Crippen LogP contribution in [-0.4, -0.2) is 36.7 Å². The number of nitrogens with one attached hydrogen (secondary N) is 1. The molecule has 0 radical (unpaired) electrons. The van der Waals surface area contributed by atoms with E-state index in [1.165, 1.54) is 0 Å². The van der Waals surface area contributed by atoms with Gasteiger partial charge in [0.15, 0.2) is 0 Å². The van der Waals surface area contributed by atoms with Crippen molar-refractivity contribution in [2.45, 2.75) is 40.5 Å². The summed E-state index contributed by atoms with van der Waals surface area (Å²) in [6, 6.07) is 0. The number of carboxylic acids is 1. The molecule has 0 aromatic carbocycles. The zero-order valence-corrected chi connectivity index (χ0v) is 12.9. The topological polar surface area (TPSA) is 75.6 Å². The quantitative estimate of drug-likeness (QED) is 0.809. The molecular formula is C15H27NO4.